The van der Waals surface area contributed by atoms with Gasteiger partial charge in [-0.05, 0) is 6.42 Å². The zero-order valence-corrected chi connectivity index (χ0v) is 5.97. The molecular formula is C7H11NO3. The van der Waals surface area contributed by atoms with Crippen molar-refractivity contribution in [3.63, 3.8) is 0 Å². The number of aliphatic hydroxyl groups is 1. The Bertz CT molecular complexity index is 190. The van der Waals surface area contributed by atoms with Crippen LogP contribution >= 0.6 is 0 Å². The van der Waals surface area contributed by atoms with Crippen LogP contribution in [0.2, 0.25) is 0 Å². The summed E-state index contributed by atoms with van der Waals surface area (Å²) in [7, 11) is 0. The van der Waals surface area contributed by atoms with E-state index in [2.05, 4.69) is 0 Å². The molecule has 11 heavy (non-hydrogen) atoms. The van der Waals surface area contributed by atoms with Crippen LogP contribution in [0.5, 0.6) is 0 Å². The maximum Gasteiger partial charge on any atom is 0.320 e. The Morgan fingerprint density at radius 2 is 2.36 bits per heavy atom. The highest BCUT2D eigenvalue weighted by atomic mass is 16.4. The largest absolute Gasteiger partial charge is 0.480 e. The molecule has 0 radical (unpaired) electrons. The van der Waals surface area contributed by atoms with Gasteiger partial charge < -0.3 is 15.9 Å². The number of carboxylic acid groups (broad SMARTS) is 1. The van der Waals surface area contributed by atoms with Gasteiger partial charge in [-0.15, -0.1) is 0 Å². The highest BCUT2D eigenvalue weighted by molar-refractivity contribution is 5.73. The quantitative estimate of drug-likeness (QED) is 0.464. The average molecular weight is 157 g/mol. The van der Waals surface area contributed by atoms with Crippen molar-refractivity contribution < 1.29 is 15.0 Å². The predicted octanol–water partition coefficient (Wildman–Crippen LogP) is -0.665. The molecule has 62 valence electrons. The van der Waals surface area contributed by atoms with Crippen molar-refractivity contribution in [3.05, 3.63) is 12.2 Å². The highest BCUT2D eigenvalue weighted by Crippen LogP contribution is 2.21. The molecule has 0 amide bonds. The minimum Gasteiger partial charge on any atom is -0.480 e. The van der Waals surface area contributed by atoms with E-state index in [4.69, 9.17) is 10.8 Å². The third kappa shape index (κ3) is 1.58. The van der Waals surface area contributed by atoms with Gasteiger partial charge in [0.25, 0.3) is 0 Å². The second-order valence-corrected chi connectivity index (χ2v) is 2.68. The highest BCUT2D eigenvalue weighted by Gasteiger charge is 2.30. The summed E-state index contributed by atoms with van der Waals surface area (Å²) < 4.78 is 0. The van der Waals surface area contributed by atoms with Gasteiger partial charge in [0, 0.05) is 5.92 Å². The number of hydrogen-bond acceptors (Lipinski definition) is 3. The molecule has 0 aromatic carbocycles. The Balaban J connectivity index is 2.55. The summed E-state index contributed by atoms with van der Waals surface area (Å²) in [5, 5.41) is 17.7. The molecule has 0 aromatic heterocycles. The Morgan fingerprint density at radius 3 is 2.73 bits per heavy atom. The van der Waals surface area contributed by atoms with E-state index < -0.39 is 18.1 Å². The summed E-state index contributed by atoms with van der Waals surface area (Å²) >= 11 is 0. The van der Waals surface area contributed by atoms with Crippen molar-refractivity contribution in [2.24, 2.45) is 11.7 Å². The first-order valence-corrected chi connectivity index (χ1v) is 3.46. The normalized spacial score (nSPS) is 32.2. The van der Waals surface area contributed by atoms with Crippen LogP contribution in [-0.4, -0.2) is 28.3 Å². The molecule has 0 bridgehead atoms. The van der Waals surface area contributed by atoms with Gasteiger partial charge in [-0.25, -0.2) is 0 Å². The van der Waals surface area contributed by atoms with E-state index in [0.29, 0.717) is 6.42 Å². The van der Waals surface area contributed by atoms with E-state index in [-0.39, 0.29) is 5.92 Å². The molecule has 1 aliphatic rings. The van der Waals surface area contributed by atoms with Crippen molar-refractivity contribution >= 4 is 5.97 Å². The van der Waals surface area contributed by atoms with Crippen LogP contribution in [0, 0.1) is 5.92 Å². The number of aliphatic carboxylic acids is 1. The lowest BCUT2D eigenvalue weighted by Crippen LogP contribution is -2.41. The zero-order chi connectivity index (χ0) is 8.43. The van der Waals surface area contributed by atoms with E-state index in [1.54, 1.807) is 12.2 Å². The second-order valence-electron chi connectivity index (χ2n) is 2.68. The molecule has 4 N–H and O–H groups in total. The molecular weight excluding hydrogens is 146 g/mol. The maximum absolute atomic E-state index is 10.4. The van der Waals surface area contributed by atoms with Gasteiger partial charge in [-0.2, -0.15) is 0 Å². The number of nitrogens with two attached hydrogens (primary N) is 1. The minimum atomic E-state index is -1.06. The molecule has 4 nitrogen and oxygen atoms in total. The molecule has 0 fully saturated rings. The van der Waals surface area contributed by atoms with Gasteiger partial charge in [0.1, 0.15) is 6.04 Å². The Kier molecular flexibility index (Phi) is 2.26. The average Bonchev–Trinajstić information content (AvgIpc) is 2.33. The summed E-state index contributed by atoms with van der Waals surface area (Å²) in [5.41, 5.74) is 5.31. The van der Waals surface area contributed by atoms with Crippen molar-refractivity contribution in [1.29, 1.82) is 0 Å². The first kappa shape index (κ1) is 8.23. The van der Waals surface area contributed by atoms with Gasteiger partial charge in [-0.1, -0.05) is 12.2 Å². The van der Waals surface area contributed by atoms with Crippen LogP contribution in [0.1, 0.15) is 6.42 Å². The Labute approximate surface area is 64.3 Å². The summed E-state index contributed by atoms with van der Waals surface area (Å²) in [6, 6.07) is -0.958. The number of rotatable bonds is 2. The van der Waals surface area contributed by atoms with Gasteiger partial charge in [0.05, 0.1) is 6.10 Å². The number of carboxylic acids is 1. The smallest absolute Gasteiger partial charge is 0.320 e. The first-order chi connectivity index (χ1) is 5.13. The van der Waals surface area contributed by atoms with Gasteiger partial charge in [0.15, 0.2) is 0 Å². The van der Waals surface area contributed by atoms with Gasteiger partial charge in [0.2, 0.25) is 0 Å². The molecule has 3 atom stereocenters. The van der Waals surface area contributed by atoms with Crippen LogP contribution in [-0.2, 0) is 4.79 Å². The number of aliphatic hydroxyl groups excluding tert-OH is 1. The molecule has 0 aliphatic heterocycles. The maximum atomic E-state index is 10.4. The topological polar surface area (TPSA) is 83.6 Å². The van der Waals surface area contributed by atoms with E-state index in [0.717, 1.165) is 0 Å². The zero-order valence-electron chi connectivity index (χ0n) is 5.97. The standard InChI is InChI=1S/C7H11NO3/c8-6(7(10)11)4-2-1-3-5(4)9/h1,3-6,9H,2,8H2,(H,10,11). The van der Waals surface area contributed by atoms with Gasteiger partial charge in [-0.3, -0.25) is 4.79 Å². The van der Waals surface area contributed by atoms with Crippen LogP contribution < -0.4 is 5.73 Å². The minimum absolute atomic E-state index is 0.354. The predicted molar refractivity (Wildman–Crippen MR) is 38.9 cm³/mol. The fourth-order valence-electron chi connectivity index (χ4n) is 1.20. The third-order valence-electron chi connectivity index (χ3n) is 1.93. The monoisotopic (exact) mass is 157 g/mol. The molecule has 1 aliphatic carbocycles. The summed E-state index contributed by atoms with van der Waals surface area (Å²) in [6.07, 6.45) is 3.18. The van der Waals surface area contributed by atoms with Crippen LogP contribution in [0.4, 0.5) is 0 Å². The lowest BCUT2D eigenvalue weighted by Gasteiger charge is -2.17. The van der Waals surface area contributed by atoms with E-state index in [9.17, 15) is 9.90 Å². The molecule has 0 saturated heterocycles. The molecule has 0 aromatic rings. The van der Waals surface area contributed by atoms with E-state index in [1.807, 2.05) is 0 Å². The van der Waals surface area contributed by atoms with Crippen molar-refractivity contribution in [1.82, 2.24) is 0 Å². The van der Waals surface area contributed by atoms with Crippen LogP contribution in [0.25, 0.3) is 0 Å². The first-order valence-electron chi connectivity index (χ1n) is 3.46. The molecule has 3 unspecified atom stereocenters. The summed E-state index contributed by atoms with van der Waals surface area (Å²) in [4.78, 5) is 10.4. The Hall–Kier alpha value is -0.870. The summed E-state index contributed by atoms with van der Waals surface area (Å²) in [6.45, 7) is 0. The van der Waals surface area contributed by atoms with Crippen molar-refractivity contribution in [2.45, 2.75) is 18.6 Å². The van der Waals surface area contributed by atoms with E-state index >= 15 is 0 Å². The lowest BCUT2D eigenvalue weighted by atomic mass is 9.96. The fraction of sp³-hybridized carbons (Fsp3) is 0.571. The summed E-state index contributed by atoms with van der Waals surface area (Å²) in [5.74, 6) is -1.41. The molecule has 4 heteroatoms. The molecule has 0 spiro atoms. The molecule has 0 saturated carbocycles. The molecule has 1 rings (SSSR count). The number of hydrogen-bond donors (Lipinski definition) is 3. The fourth-order valence-corrected chi connectivity index (χ4v) is 1.20. The molecule has 0 heterocycles. The third-order valence-corrected chi connectivity index (χ3v) is 1.93. The van der Waals surface area contributed by atoms with Crippen LogP contribution in [0.15, 0.2) is 12.2 Å². The van der Waals surface area contributed by atoms with Crippen LogP contribution in [0.3, 0.4) is 0 Å². The van der Waals surface area contributed by atoms with E-state index in [1.165, 1.54) is 0 Å². The van der Waals surface area contributed by atoms with Gasteiger partial charge >= 0.3 is 5.97 Å². The Morgan fingerprint density at radius 1 is 1.73 bits per heavy atom. The van der Waals surface area contributed by atoms with Crippen molar-refractivity contribution in [2.75, 3.05) is 0 Å². The SMILES string of the molecule is NC(C(=O)O)C1CC=CC1O. The lowest BCUT2D eigenvalue weighted by molar-refractivity contribution is -0.140. The number of allylic oxidation sites excluding steroid dienone is 1. The number of carbonyl (C=O) groups is 1. The second kappa shape index (κ2) is 3.02. The van der Waals surface area contributed by atoms with Crippen molar-refractivity contribution in [3.8, 4) is 0 Å².